The molecule has 2 aliphatic rings. The molecule has 4 heteroatoms. The van der Waals surface area contributed by atoms with Crippen molar-refractivity contribution >= 4 is 44.3 Å². The number of benzene rings is 5. The van der Waals surface area contributed by atoms with E-state index < -0.39 is 0 Å². The summed E-state index contributed by atoms with van der Waals surface area (Å²) < 4.78 is 7.31. The van der Waals surface area contributed by atoms with Gasteiger partial charge in [0.2, 0.25) is 0 Å². The van der Waals surface area contributed by atoms with Crippen molar-refractivity contribution in [1.82, 2.24) is 0 Å². The first-order valence-electron chi connectivity index (χ1n) is 13.8. The average molecular weight is 586 g/mol. The Kier molecular flexibility index (Phi) is 6.70. The lowest BCUT2D eigenvalue weighted by Gasteiger charge is -2.37. The van der Waals surface area contributed by atoms with Crippen molar-refractivity contribution in [2.24, 2.45) is 10.9 Å². The fourth-order valence-electron chi connectivity index (χ4n) is 6.11. The van der Waals surface area contributed by atoms with E-state index in [0.717, 1.165) is 33.5 Å². The van der Waals surface area contributed by atoms with Crippen LogP contribution in [0.1, 0.15) is 40.6 Å². The monoisotopic (exact) mass is 584 g/mol. The number of nitrogens with zero attached hydrogens (tertiary/aromatic N) is 1. The normalized spacial score (nSPS) is 19.4. The molecule has 0 fully saturated rings. The minimum absolute atomic E-state index is 0.284. The molecule has 0 unspecified atom stereocenters. The number of anilines is 1. The predicted molar refractivity (Wildman–Crippen MR) is 169 cm³/mol. The summed E-state index contributed by atoms with van der Waals surface area (Å²) in [6.45, 7) is 0.493. The van der Waals surface area contributed by atoms with Crippen molar-refractivity contribution in [3.05, 3.63) is 148 Å². The molecule has 0 spiro atoms. The molecule has 3 atom stereocenters. The van der Waals surface area contributed by atoms with E-state index in [9.17, 15) is 0 Å². The summed E-state index contributed by atoms with van der Waals surface area (Å²) in [5.74, 6) is 1.82. The molecule has 1 aliphatic carbocycles. The van der Waals surface area contributed by atoms with E-state index in [1.54, 1.807) is 0 Å². The summed E-state index contributed by atoms with van der Waals surface area (Å²) in [4.78, 5) is 4.81. The molecule has 0 saturated carbocycles. The van der Waals surface area contributed by atoms with E-state index in [-0.39, 0.29) is 6.04 Å². The van der Waals surface area contributed by atoms with Gasteiger partial charge in [-0.1, -0.05) is 101 Å². The molecule has 5 aromatic carbocycles. The van der Waals surface area contributed by atoms with Crippen molar-refractivity contribution in [3.63, 3.8) is 0 Å². The predicted octanol–water partition coefficient (Wildman–Crippen LogP) is 9.76. The highest BCUT2D eigenvalue weighted by atomic mass is 79.9. The van der Waals surface area contributed by atoms with Gasteiger partial charge in [0.15, 0.2) is 0 Å². The number of allylic oxidation sites excluding steroid dienone is 2. The molecule has 0 aromatic heterocycles. The SMILES string of the molecule is Brc1ccc(OCc2cccc3ccccc23)c(C=Nc2ccc([C@@H]3Nc4ccccc4[C@H]4C=CC[C@@H]43)cc2)c1. The highest BCUT2D eigenvalue weighted by Gasteiger charge is 2.37. The maximum Gasteiger partial charge on any atom is 0.128 e. The lowest BCUT2D eigenvalue weighted by atomic mass is 9.77. The van der Waals surface area contributed by atoms with Gasteiger partial charge in [-0.05, 0) is 76.2 Å². The second-order valence-corrected chi connectivity index (χ2v) is 11.4. The maximum absolute atomic E-state index is 6.32. The van der Waals surface area contributed by atoms with E-state index in [1.165, 1.54) is 27.6 Å². The van der Waals surface area contributed by atoms with Gasteiger partial charge in [-0.3, -0.25) is 4.99 Å². The number of halogens is 1. The Morgan fingerprint density at radius 3 is 2.62 bits per heavy atom. The van der Waals surface area contributed by atoms with Crippen LogP contribution in [0.4, 0.5) is 11.4 Å². The van der Waals surface area contributed by atoms with Crippen LogP contribution in [0.3, 0.4) is 0 Å². The number of ether oxygens (including phenoxy) is 1. The third-order valence-electron chi connectivity index (χ3n) is 8.11. The molecule has 0 radical (unpaired) electrons. The van der Waals surface area contributed by atoms with E-state index in [4.69, 9.17) is 9.73 Å². The molecular formula is C36H29BrN2O. The van der Waals surface area contributed by atoms with E-state index in [0.29, 0.717) is 18.4 Å². The molecule has 196 valence electrons. The minimum atomic E-state index is 0.284. The standard InChI is InChI=1S/C36H29BrN2O/c37-28-17-20-35(40-23-26-9-5-8-24-7-1-2-10-30(24)26)27(21-28)22-38-29-18-15-25(16-19-29)36-33-13-6-12-31(33)32-11-3-4-14-34(32)39-36/h1-12,14-22,31,33,36,39H,13,23H2/t31-,33+,36+/m1/s1. The Balaban J connectivity index is 1.09. The zero-order chi connectivity index (χ0) is 26.9. The summed E-state index contributed by atoms with van der Waals surface area (Å²) in [6, 6.07) is 38.4. The molecule has 0 saturated heterocycles. The molecule has 0 amide bonds. The lowest BCUT2D eigenvalue weighted by Crippen LogP contribution is -2.28. The molecule has 1 aliphatic heterocycles. The summed E-state index contributed by atoms with van der Waals surface area (Å²) in [5.41, 5.74) is 6.97. The third kappa shape index (κ3) is 4.84. The van der Waals surface area contributed by atoms with Gasteiger partial charge in [0.25, 0.3) is 0 Å². The van der Waals surface area contributed by atoms with Gasteiger partial charge in [0.1, 0.15) is 12.4 Å². The number of aliphatic imine (C=N–C) groups is 1. The van der Waals surface area contributed by atoms with Crippen molar-refractivity contribution < 1.29 is 4.74 Å². The summed E-state index contributed by atoms with van der Waals surface area (Å²) >= 11 is 3.61. The van der Waals surface area contributed by atoms with Crippen LogP contribution in [0, 0.1) is 5.92 Å². The molecule has 7 rings (SSSR count). The Hall–Kier alpha value is -4.15. The summed E-state index contributed by atoms with van der Waals surface area (Å²) in [7, 11) is 0. The number of hydrogen-bond acceptors (Lipinski definition) is 3. The van der Waals surface area contributed by atoms with Gasteiger partial charge in [0.05, 0.1) is 11.7 Å². The third-order valence-corrected chi connectivity index (χ3v) is 8.61. The second kappa shape index (κ2) is 10.8. The number of nitrogens with one attached hydrogen (secondary N) is 1. The zero-order valence-electron chi connectivity index (χ0n) is 22.0. The van der Waals surface area contributed by atoms with Crippen molar-refractivity contribution in [2.75, 3.05) is 5.32 Å². The highest BCUT2D eigenvalue weighted by molar-refractivity contribution is 9.10. The molecule has 5 aromatic rings. The molecular weight excluding hydrogens is 556 g/mol. The van der Waals surface area contributed by atoms with Gasteiger partial charge < -0.3 is 10.1 Å². The van der Waals surface area contributed by atoms with E-state index >= 15 is 0 Å². The average Bonchev–Trinajstić information content (AvgIpc) is 3.50. The van der Waals surface area contributed by atoms with Crippen LogP contribution in [-0.4, -0.2) is 6.21 Å². The van der Waals surface area contributed by atoms with Crippen molar-refractivity contribution in [3.8, 4) is 5.75 Å². The Bertz CT molecular complexity index is 1740. The van der Waals surface area contributed by atoms with Gasteiger partial charge >= 0.3 is 0 Å². The second-order valence-electron chi connectivity index (χ2n) is 10.5. The van der Waals surface area contributed by atoms with Crippen LogP contribution >= 0.6 is 15.9 Å². The van der Waals surface area contributed by atoms with Gasteiger partial charge in [-0.25, -0.2) is 0 Å². The highest BCUT2D eigenvalue weighted by Crippen LogP contribution is 2.49. The lowest BCUT2D eigenvalue weighted by molar-refractivity contribution is 0.307. The van der Waals surface area contributed by atoms with Crippen LogP contribution in [0.5, 0.6) is 5.75 Å². The first-order valence-corrected chi connectivity index (χ1v) is 14.6. The zero-order valence-corrected chi connectivity index (χ0v) is 23.6. The molecule has 3 nitrogen and oxygen atoms in total. The number of rotatable bonds is 6. The van der Waals surface area contributed by atoms with Crippen LogP contribution in [0.2, 0.25) is 0 Å². The van der Waals surface area contributed by atoms with Gasteiger partial charge in [-0.15, -0.1) is 0 Å². The van der Waals surface area contributed by atoms with Crippen LogP contribution in [0.15, 0.2) is 131 Å². The van der Waals surface area contributed by atoms with Gasteiger partial charge in [-0.2, -0.15) is 0 Å². The fourth-order valence-corrected chi connectivity index (χ4v) is 6.49. The maximum atomic E-state index is 6.32. The first-order chi connectivity index (χ1) is 19.7. The fraction of sp³-hybridized carbons (Fsp3) is 0.139. The molecule has 1 heterocycles. The number of para-hydroxylation sites is 1. The van der Waals surface area contributed by atoms with Crippen molar-refractivity contribution in [1.29, 1.82) is 0 Å². The first kappa shape index (κ1) is 24.9. The Labute approximate surface area is 243 Å². The van der Waals surface area contributed by atoms with Crippen LogP contribution in [-0.2, 0) is 6.61 Å². The Morgan fingerprint density at radius 2 is 1.70 bits per heavy atom. The Morgan fingerprint density at radius 1 is 0.875 bits per heavy atom. The summed E-state index contributed by atoms with van der Waals surface area (Å²) in [6.07, 6.45) is 7.71. The molecule has 40 heavy (non-hydrogen) atoms. The molecule has 0 bridgehead atoms. The van der Waals surface area contributed by atoms with E-state index in [2.05, 4.69) is 124 Å². The quantitative estimate of drug-likeness (QED) is 0.159. The number of hydrogen-bond donors (Lipinski definition) is 1. The molecule has 1 N–H and O–H groups in total. The minimum Gasteiger partial charge on any atom is -0.488 e. The largest absolute Gasteiger partial charge is 0.488 e. The smallest absolute Gasteiger partial charge is 0.128 e. The van der Waals surface area contributed by atoms with E-state index in [1.807, 2.05) is 24.4 Å². The van der Waals surface area contributed by atoms with Crippen LogP contribution < -0.4 is 10.1 Å². The summed E-state index contributed by atoms with van der Waals surface area (Å²) in [5, 5.41) is 6.25. The topological polar surface area (TPSA) is 33.6 Å². The number of fused-ring (bicyclic) bond motifs is 4. The van der Waals surface area contributed by atoms with Crippen LogP contribution in [0.25, 0.3) is 10.8 Å². The van der Waals surface area contributed by atoms with Crippen molar-refractivity contribution in [2.45, 2.75) is 25.0 Å². The van der Waals surface area contributed by atoms with Gasteiger partial charge in [0, 0.05) is 27.9 Å².